The average molecular weight is 503 g/mol. The van der Waals surface area contributed by atoms with Crippen LogP contribution < -0.4 is 0 Å². The fourth-order valence-electron chi connectivity index (χ4n) is 4.15. The van der Waals surface area contributed by atoms with Crippen molar-refractivity contribution in [2.75, 3.05) is 33.0 Å². The fraction of sp³-hybridized carbons (Fsp3) is 0.880. The zero-order valence-corrected chi connectivity index (χ0v) is 21.2. The lowest BCUT2D eigenvalue weighted by Crippen LogP contribution is -2.60. The van der Waals surface area contributed by atoms with Crippen LogP contribution in [0.4, 0.5) is 4.79 Å². The molecule has 0 amide bonds. The van der Waals surface area contributed by atoms with E-state index in [4.69, 9.17) is 37.9 Å². The van der Waals surface area contributed by atoms with E-state index in [0.717, 1.165) is 38.5 Å². The van der Waals surface area contributed by atoms with E-state index < -0.39 is 55.2 Å². The summed E-state index contributed by atoms with van der Waals surface area (Å²) < 4.78 is 46.3. The van der Waals surface area contributed by atoms with Gasteiger partial charge in [-0.1, -0.05) is 40.0 Å². The summed E-state index contributed by atoms with van der Waals surface area (Å²) in [6, 6.07) is 0. The highest BCUT2D eigenvalue weighted by atomic mass is 16.8. The van der Waals surface area contributed by atoms with Crippen molar-refractivity contribution < 1.29 is 47.8 Å². The van der Waals surface area contributed by atoms with Crippen molar-refractivity contribution in [3.63, 3.8) is 0 Å². The van der Waals surface area contributed by atoms with Crippen LogP contribution in [0.2, 0.25) is 0 Å². The molecule has 0 bridgehead atoms. The Hall–Kier alpha value is -1.43. The molecule has 3 aliphatic rings. The normalized spacial score (nSPS) is 34.2. The third-order valence-corrected chi connectivity index (χ3v) is 6.24. The molecule has 0 spiro atoms. The molecular weight excluding hydrogens is 460 g/mol. The molecule has 8 atom stereocenters. The first-order chi connectivity index (χ1) is 17.1. The Morgan fingerprint density at radius 2 is 1.51 bits per heavy atom. The van der Waals surface area contributed by atoms with E-state index in [1.165, 1.54) is 0 Å². The summed E-state index contributed by atoms with van der Waals surface area (Å²) in [4.78, 5) is 11.8. The zero-order valence-electron chi connectivity index (χ0n) is 21.2. The van der Waals surface area contributed by atoms with E-state index in [1.54, 1.807) is 12.3 Å². The molecule has 35 heavy (non-hydrogen) atoms. The monoisotopic (exact) mass is 502 g/mol. The SMILES string of the molecule is CCCCOCC1OC(O[C@@H]2C(COCCCC)OC=C[C@H]2OCCCC)[C@@H](O)[C@@H]2OC(=O)OC12. The summed E-state index contributed by atoms with van der Waals surface area (Å²) in [6.07, 6.45) is 2.20. The molecule has 3 rings (SSSR count). The number of carbonyl (C=O) groups excluding carboxylic acids is 1. The van der Waals surface area contributed by atoms with E-state index in [-0.39, 0.29) is 6.61 Å². The van der Waals surface area contributed by atoms with Crippen LogP contribution in [0.15, 0.2) is 12.3 Å². The lowest BCUT2D eigenvalue weighted by atomic mass is 9.98. The van der Waals surface area contributed by atoms with Gasteiger partial charge < -0.3 is 43.0 Å². The van der Waals surface area contributed by atoms with Gasteiger partial charge in [0.25, 0.3) is 0 Å². The van der Waals surface area contributed by atoms with Gasteiger partial charge >= 0.3 is 6.16 Å². The van der Waals surface area contributed by atoms with E-state index >= 15 is 0 Å². The maximum Gasteiger partial charge on any atom is 0.509 e. The van der Waals surface area contributed by atoms with Gasteiger partial charge in [-0.15, -0.1) is 0 Å². The first-order valence-electron chi connectivity index (χ1n) is 13.0. The topological polar surface area (TPSA) is 111 Å². The summed E-state index contributed by atoms with van der Waals surface area (Å²) in [6.45, 7) is 8.50. The van der Waals surface area contributed by atoms with Crippen LogP contribution in [0.25, 0.3) is 0 Å². The van der Waals surface area contributed by atoms with E-state index in [0.29, 0.717) is 26.4 Å². The lowest BCUT2D eigenvalue weighted by molar-refractivity contribution is -0.313. The van der Waals surface area contributed by atoms with Crippen LogP contribution in [-0.4, -0.2) is 93.3 Å². The molecule has 10 heteroatoms. The predicted molar refractivity (Wildman–Crippen MR) is 125 cm³/mol. The summed E-state index contributed by atoms with van der Waals surface area (Å²) in [5.74, 6) is 0. The van der Waals surface area contributed by atoms with Crippen LogP contribution in [0, 0.1) is 0 Å². The first kappa shape index (κ1) is 28.1. The first-order valence-corrected chi connectivity index (χ1v) is 13.0. The number of rotatable bonds is 16. The smallest absolute Gasteiger partial charge is 0.493 e. The van der Waals surface area contributed by atoms with Crippen molar-refractivity contribution in [2.24, 2.45) is 0 Å². The number of aliphatic hydroxyl groups excluding tert-OH is 1. The van der Waals surface area contributed by atoms with Gasteiger partial charge in [0.15, 0.2) is 24.6 Å². The van der Waals surface area contributed by atoms with E-state index in [1.807, 2.05) is 0 Å². The summed E-state index contributed by atoms with van der Waals surface area (Å²) in [5, 5.41) is 11.0. The summed E-state index contributed by atoms with van der Waals surface area (Å²) in [7, 11) is 0. The molecule has 3 heterocycles. The molecule has 4 unspecified atom stereocenters. The second-order valence-corrected chi connectivity index (χ2v) is 9.10. The quantitative estimate of drug-likeness (QED) is 0.250. The summed E-state index contributed by atoms with van der Waals surface area (Å²) in [5.41, 5.74) is 0. The maximum absolute atomic E-state index is 11.8. The van der Waals surface area contributed by atoms with Crippen LogP contribution in [-0.2, 0) is 37.9 Å². The van der Waals surface area contributed by atoms with Crippen LogP contribution in [0.3, 0.4) is 0 Å². The van der Waals surface area contributed by atoms with Gasteiger partial charge in [-0.05, 0) is 25.3 Å². The van der Waals surface area contributed by atoms with Crippen LogP contribution >= 0.6 is 0 Å². The predicted octanol–water partition coefficient (Wildman–Crippen LogP) is 3.09. The molecule has 202 valence electrons. The maximum atomic E-state index is 11.8. The highest BCUT2D eigenvalue weighted by Gasteiger charge is 2.55. The molecule has 1 N–H and O–H groups in total. The third-order valence-electron chi connectivity index (χ3n) is 6.24. The molecule has 0 saturated carbocycles. The second-order valence-electron chi connectivity index (χ2n) is 9.10. The van der Waals surface area contributed by atoms with Crippen molar-refractivity contribution in [3.05, 3.63) is 12.3 Å². The van der Waals surface area contributed by atoms with Crippen LogP contribution in [0.5, 0.6) is 0 Å². The minimum atomic E-state index is -1.25. The van der Waals surface area contributed by atoms with E-state index in [2.05, 4.69) is 20.8 Å². The van der Waals surface area contributed by atoms with Gasteiger partial charge in [0.1, 0.15) is 24.4 Å². The zero-order chi connectivity index (χ0) is 25.0. The third kappa shape index (κ3) is 8.03. The molecule has 0 aromatic rings. The fourth-order valence-corrected chi connectivity index (χ4v) is 4.15. The van der Waals surface area contributed by atoms with Crippen molar-refractivity contribution in [1.29, 1.82) is 0 Å². The molecule has 10 nitrogen and oxygen atoms in total. The van der Waals surface area contributed by atoms with Gasteiger partial charge in [-0.25, -0.2) is 4.79 Å². The van der Waals surface area contributed by atoms with E-state index in [9.17, 15) is 9.90 Å². The molecule has 3 aliphatic heterocycles. The van der Waals surface area contributed by atoms with Gasteiger partial charge in [-0.2, -0.15) is 0 Å². The standard InChI is InChI=1S/C25H42O10/c1-4-7-11-28-15-18-21(17(10-14-31-18)30-13-9-6-3)33-24-20(26)23-22(34-25(27)35-23)19(32-24)16-29-12-8-5-2/h10,14,17-24,26H,4-9,11-13,15-16H2,1-3H3/t17-,18?,19?,20+,21+,22?,23+,24?/m1/s1. The van der Waals surface area contributed by atoms with Gasteiger partial charge in [-0.3, -0.25) is 0 Å². The van der Waals surface area contributed by atoms with Crippen LogP contribution in [0.1, 0.15) is 59.3 Å². The van der Waals surface area contributed by atoms with Crippen molar-refractivity contribution in [2.45, 2.75) is 108 Å². The largest absolute Gasteiger partial charge is 0.509 e. The highest BCUT2D eigenvalue weighted by Crippen LogP contribution is 2.33. The Morgan fingerprint density at radius 3 is 2.20 bits per heavy atom. The average Bonchev–Trinajstić information content (AvgIpc) is 3.25. The Morgan fingerprint density at radius 1 is 0.886 bits per heavy atom. The highest BCUT2D eigenvalue weighted by molar-refractivity contribution is 5.63. The molecule has 0 aliphatic carbocycles. The molecule has 2 saturated heterocycles. The number of hydrogen-bond donors (Lipinski definition) is 1. The minimum absolute atomic E-state index is 0.186. The molecule has 0 radical (unpaired) electrons. The molecule has 2 fully saturated rings. The summed E-state index contributed by atoms with van der Waals surface area (Å²) >= 11 is 0. The lowest BCUT2D eigenvalue weighted by Gasteiger charge is -2.42. The van der Waals surface area contributed by atoms with Crippen molar-refractivity contribution in [3.8, 4) is 0 Å². The number of hydrogen-bond acceptors (Lipinski definition) is 10. The van der Waals surface area contributed by atoms with Gasteiger partial charge in [0, 0.05) is 19.8 Å². The van der Waals surface area contributed by atoms with Gasteiger partial charge in [0.2, 0.25) is 0 Å². The van der Waals surface area contributed by atoms with Crippen molar-refractivity contribution >= 4 is 6.16 Å². The number of fused-ring (bicyclic) bond motifs is 1. The Labute approximate surface area is 208 Å². The number of ether oxygens (including phenoxy) is 8. The molecular formula is C25H42O10. The Bertz CT molecular complexity index is 644. The van der Waals surface area contributed by atoms with Gasteiger partial charge in [0.05, 0.1) is 19.5 Å². The Kier molecular flexibility index (Phi) is 12.0. The Balaban J connectivity index is 1.70. The van der Waals surface area contributed by atoms with Crippen molar-refractivity contribution in [1.82, 2.24) is 0 Å². The number of aliphatic hydroxyl groups is 1. The minimum Gasteiger partial charge on any atom is -0.493 e. The molecule has 0 aromatic heterocycles. The molecule has 0 aromatic carbocycles. The number of unbranched alkanes of at least 4 members (excludes halogenated alkanes) is 3. The second kappa shape index (κ2) is 15.0. The number of carbonyl (C=O) groups is 1.